The van der Waals surface area contributed by atoms with E-state index in [1.165, 1.54) is 23.5 Å². The van der Waals surface area contributed by atoms with Crippen LogP contribution >= 0.6 is 11.3 Å². The Labute approximate surface area is 137 Å². The van der Waals surface area contributed by atoms with Crippen molar-refractivity contribution in [3.05, 3.63) is 33.0 Å². The number of esters is 2. The van der Waals surface area contributed by atoms with Gasteiger partial charge in [-0.15, -0.1) is 11.3 Å². The average molecular weight is 330 g/mol. The lowest BCUT2D eigenvalue weighted by Gasteiger charge is -1.98. The molecule has 0 saturated heterocycles. The molecule has 0 aliphatic heterocycles. The van der Waals surface area contributed by atoms with Gasteiger partial charge in [-0.25, -0.2) is 9.59 Å². The third kappa shape index (κ3) is 5.42. The van der Waals surface area contributed by atoms with Gasteiger partial charge in [-0.2, -0.15) is 10.5 Å². The quantitative estimate of drug-likeness (QED) is 0.451. The van der Waals surface area contributed by atoms with Crippen molar-refractivity contribution in [3.8, 4) is 12.1 Å². The van der Waals surface area contributed by atoms with Crippen molar-refractivity contribution in [2.75, 3.05) is 13.2 Å². The van der Waals surface area contributed by atoms with Crippen molar-refractivity contribution in [2.24, 2.45) is 0 Å². The van der Waals surface area contributed by atoms with Gasteiger partial charge < -0.3 is 9.47 Å². The van der Waals surface area contributed by atoms with Crippen molar-refractivity contribution < 1.29 is 19.1 Å². The van der Waals surface area contributed by atoms with Gasteiger partial charge in [0.2, 0.25) is 0 Å². The summed E-state index contributed by atoms with van der Waals surface area (Å²) >= 11 is 1.22. The number of hydrogen-bond acceptors (Lipinski definition) is 7. The van der Waals surface area contributed by atoms with Crippen LogP contribution in [0.4, 0.5) is 0 Å². The fourth-order valence-electron chi connectivity index (χ4n) is 1.50. The van der Waals surface area contributed by atoms with Crippen LogP contribution in [-0.4, -0.2) is 25.2 Å². The Morgan fingerprint density at radius 2 is 1.39 bits per heavy atom. The Morgan fingerprint density at radius 1 is 1.00 bits per heavy atom. The first kappa shape index (κ1) is 18.1. The van der Waals surface area contributed by atoms with Crippen LogP contribution in [0.25, 0.3) is 12.2 Å². The van der Waals surface area contributed by atoms with Crippen molar-refractivity contribution in [1.82, 2.24) is 0 Å². The van der Waals surface area contributed by atoms with Crippen LogP contribution in [0, 0.1) is 22.7 Å². The van der Waals surface area contributed by atoms with E-state index < -0.39 is 11.9 Å². The summed E-state index contributed by atoms with van der Waals surface area (Å²) in [6, 6.07) is 6.91. The van der Waals surface area contributed by atoms with E-state index in [4.69, 9.17) is 20.0 Å². The number of carbonyl (C=O) groups is 2. The third-order valence-corrected chi connectivity index (χ3v) is 3.43. The monoisotopic (exact) mass is 330 g/mol. The lowest BCUT2D eigenvalue weighted by molar-refractivity contribution is -0.138. The fraction of sp³-hybridized carbons (Fsp3) is 0.250. The zero-order chi connectivity index (χ0) is 17.2. The molecular formula is C16H14N2O4S. The molecule has 7 heteroatoms. The van der Waals surface area contributed by atoms with Crippen LogP contribution in [0.1, 0.15) is 23.6 Å². The third-order valence-electron chi connectivity index (χ3n) is 2.45. The van der Waals surface area contributed by atoms with Gasteiger partial charge in [-0.3, -0.25) is 0 Å². The highest BCUT2D eigenvalue weighted by molar-refractivity contribution is 7.13. The van der Waals surface area contributed by atoms with E-state index >= 15 is 0 Å². The highest BCUT2D eigenvalue weighted by atomic mass is 32.1. The van der Waals surface area contributed by atoms with E-state index in [-0.39, 0.29) is 24.4 Å². The molecule has 0 radical (unpaired) electrons. The molecule has 23 heavy (non-hydrogen) atoms. The lowest BCUT2D eigenvalue weighted by Crippen LogP contribution is -2.05. The van der Waals surface area contributed by atoms with Crippen molar-refractivity contribution in [2.45, 2.75) is 13.8 Å². The molecule has 0 atom stereocenters. The maximum absolute atomic E-state index is 11.5. The highest BCUT2D eigenvalue weighted by Crippen LogP contribution is 2.22. The molecule has 0 spiro atoms. The molecule has 1 rings (SSSR count). The summed E-state index contributed by atoms with van der Waals surface area (Å²) < 4.78 is 9.55. The Kier molecular flexibility index (Phi) is 7.25. The molecule has 0 aliphatic rings. The molecule has 0 aliphatic carbocycles. The summed E-state index contributed by atoms with van der Waals surface area (Å²) in [4.78, 5) is 24.3. The molecule has 1 aromatic rings. The van der Waals surface area contributed by atoms with Crippen molar-refractivity contribution >= 4 is 35.4 Å². The second kappa shape index (κ2) is 9.19. The zero-order valence-electron chi connectivity index (χ0n) is 12.7. The van der Waals surface area contributed by atoms with Gasteiger partial charge in [0.1, 0.15) is 23.3 Å². The van der Waals surface area contributed by atoms with Crippen LogP contribution in [0.3, 0.4) is 0 Å². The molecule has 1 aromatic heterocycles. The summed E-state index contributed by atoms with van der Waals surface area (Å²) in [5.41, 5.74) is -0.231. The van der Waals surface area contributed by atoms with E-state index in [0.717, 1.165) is 0 Å². The molecule has 0 bridgehead atoms. The van der Waals surface area contributed by atoms with E-state index in [0.29, 0.717) is 9.75 Å². The molecule has 6 nitrogen and oxygen atoms in total. The first-order chi connectivity index (χ1) is 11.0. The zero-order valence-corrected chi connectivity index (χ0v) is 13.5. The summed E-state index contributed by atoms with van der Waals surface area (Å²) in [5.74, 6) is -1.38. The van der Waals surface area contributed by atoms with E-state index in [9.17, 15) is 9.59 Å². The standard InChI is InChI=1S/C16H14N2O4S/c1-3-21-15(19)11(9-17)7-13-5-6-14(23-13)8-12(10-18)16(20)22-4-2/h5-8H,3-4H2,1-2H3/b11-7-,12-8-. The SMILES string of the molecule is CCOC(=O)/C(C#N)=C\c1ccc(/C=C(/C#N)C(=O)OCC)s1. The van der Waals surface area contributed by atoms with Gasteiger partial charge in [-0.05, 0) is 38.1 Å². The highest BCUT2D eigenvalue weighted by Gasteiger charge is 2.12. The number of carbonyl (C=O) groups excluding carboxylic acids is 2. The Bertz CT molecular complexity index is 671. The number of rotatable bonds is 6. The van der Waals surface area contributed by atoms with Gasteiger partial charge in [0, 0.05) is 9.75 Å². The first-order valence-electron chi connectivity index (χ1n) is 6.73. The van der Waals surface area contributed by atoms with Crippen LogP contribution in [0.2, 0.25) is 0 Å². The molecule has 0 saturated carbocycles. The predicted octanol–water partition coefficient (Wildman–Crippen LogP) is 2.69. The number of ether oxygens (including phenoxy) is 2. The number of thiophene rings is 1. The average Bonchev–Trinajstić information content (AvgIpc) is 2.97. The van der Waals surface area contributed by atoms with Crippen LogP contribution in [0.5, 0.6) is 0 Å². The number of hydrogen-bond donors (Lipinski definition) is 0. The minimum absolute atomic E-state index is 0.116. The summed E-state index contributed by atoms with van der Waals surface area (Å²) in [5, 5.41) is 18.0. The van der Waals surface area contributed by atoms with Crippen LogP contribution in [0.15, 0.2) is 23.3 Å². The molecular weight excluding hydrogens is 316 g/mol. The molecule has 0 aromatic carbocycles. The molecule has 0 N–H and O–H groups in total. The Balaban J connectivity index is 3.02. The molecule has 0 unspecified atom stereocenters. The Hall–Kier alpha value is -2.90. The number of nitriles is 2. The number of nitrogens with zero attached hydrogens (tertiary/aromatic N) is 2. The van der Waals surface area contributed by atoms with Crippen molar-refractivity contribution in [1.29, 1.82) is 10.5 Å². The topological polar surface area (TPSA) is 100 Å². The predicted molar refractivity (Wildman–Crippen MR) is 84.8 cm³/mol. The van der Waals surface area contributed by atoms with E-state index in [1.54, 1.807) is 38.1 Å². The molecule has 1 heterocycles. The summed E-state index contributed by atoms with van der Waals surface area (Å²) in [7, 11) is 0. The second-order valence-corrected chi connectivity index (χ2v) is 5.17. The minimum Gasteiger partial charge on any atom is -0.462 e. The molecule has 0 fully saturated rings. The maximum atomic E-state index is 11.5. The van der Waals surface area contributed by atoms with Gasteiger partial charge >= 0.3 is 11.9 Å². The van der Waals surface area contributed by atoms with E-state index in [2.05, 4.69) is 0 Å². The molecule has 0 amide bonds. The normalized spacial score (nSPS) is 11.3. The second-order valence-electron chi connectivity index (χ2n) is 4.02. The molecule has 118 valence electrons. The van der Waals surface area contributed by atoms with Gasteiger partial charge in [-0.1, -0.05) is 0 Å². The minimum atomic E-state index is -0.690. The fourth-order valence-corrected chi connectivity index (χ4v) is 2.40. The first-order valence-corrected chi connectivity index (χ1v) is 7.55. The largest absolute Gasteiger partial charge is 0.462 e. The van der Waals surface area contributed by atoms with Gasteiger partial charge in [0.15, 0.2) is 0 Å². The maximum Gasteiger partial charge on any atom is 0.348 e. The summed E-state index contributed by atoms with van der Waals surface area (Å²) in [6.07, 6.45) is 2.80. The van der Waals surface area contributed by atoms with E-state index in [1.807, 2.05) is 0 Å². The van der Waals surface area contributed by atoms with Crippen LogP contribution < -0.4 is 0 Å². The Morgan fingerprint density at radius 3 is 1.70 bits per heavy atom. The van der Waals surface area contributed by atoms with Gasteiger partial charge in [0.25, 0.3) is 0 Å². The van der Waals surface area contributed by atoms with Gasteiger partial charge in [0.05, 0.1) is 13.2 Å². The van der Waals surface area contributed by atoms with Crippen LogP contribution in [-0.2, 0) is 19.1 Å². The smallest absolute Gasteiger partial charge is 0.348 e. The van der Waals surface area contributed by atoms with Crippen molar-refractivity contribution in [3.63, 3.8) is 0 Å². The summed E-state index contributed by atoms with van der Waals surface area (Å²) in [6.45, 7) is 3.67. The lowest BCUT2D eigenvalue weighted by atomic mass is 10.2.